The normalized spacial score (nSPS) is 12.7. The van der Waals surface area contributed by atoms with Gasteiger partial charge in [0.05, 0.1) is 18.8 Å². The molecule has 2 aromatic rings. The van der Waals surface area contributed by atoms with Gasteiger partial charge in [0, 0.05) is 58.1 Å². The highest BCUT2D eigenvalue weighted by molar-refractivity contribution is 5.87. The minimum atomic E-state index is -0.204. The Kier molecular flexibility index (Phi) is 9.87. The number of anilines is 2. The number of benzene rings is 2. The molecule has 0 saturated heterocycles. The largest absolute Gasteiger partial charge is 0.426 e. The van der Waals surface area contributed by atoms with Crippen molar-refractivity contribution in [1.82, 2.24) is 20.7 Å². The van der Waals surface area contributed by atoms with E-state index in [0.29, 0.717) is 55.8 Å². The molecule has 3 N–H and O–H groups in total. The van der Waals surface area contributed by atoms with Crippen molar-refractivity contribution < 1.29 is 19.1 Å². The smallest absolute Gasteiger partial charge is 0.298 e. The highest BCUT2D eigenvalue weighted by Gasteiger charge is 2.27. The van der Waals surface area contributed by atoms with Gasteiger partial charge in [-0.05, 0) is 29.7 Å². The predicted molar refractivity (Wildman–Crippen MR) is 144 cm³/mol. The zero-order chi connectivity index (χ0) is 26.9. The van der Waals surface area contributed by atoms with Gasteiger partial charge in [-0.15, -0.1) is 0 Å². The maximum Gasteiger partial charge on any atom is 0.298 e. The monoisotopic (exact) mass is 510 g/mol. The number of nitrogens with zero attached hydrogens (tertiary/aromatic N) is 3. The maximum atomic E-state index is 13.4. The summed E-state index contributed by atoms with van der Waals surface area (Å²) in [5.74, 6) is -0.0398. The number of fused-ring (bicyclic) bond motifs is 1. The van der Waals surface area contributed by atoms with E-state index in [-0.39, 0.29) is 24.9 Å². The Morgan fingerprint density at radius 3 is 2.38 bits per heavy atom. The Bertz CT molecular complexity index is 1080. The highest BCUT2D eigenvalue weighted by atomic mass is 16.5. The third-order valence-corrected chi connectivity index (χ3v) is 6.35. The van der Waals surface area contributed by atoms with Gasteiger partial charge in [0.1, 0.15) is 0 Å². The van der Waals surface area contributed by atoms with Crippen LogP contribution in [0.25, 0.3) is 0 Å². The Balaban J connectivity index is 1.78. The number of carbonyl (C=O) groups excluding carboxylic acids is 3. The predicted octanol–water partition coefficient (Wildman–Crippen LogP) is 1.88. The Hall–Kier alpha value is -3.63. The average molecular weight is 511 g/mol. The number of likely N-dealkylation sites (N-methyl/N-ethyl adjacent to an activating group) is 1. The first-order chi connectivity index (χ1) is 17.7. The maximum absolute atomic E-state index is 13.4. The summed E-state index contributed by atoms with van der Waals surface area (Å²) in [6.07, 6.45) is 0. The van der Waals surface area contributed by atoms with Gasteiger partial charge in [-0.1, -0.05) is 38.1 Å². The first kappa shape index (κ1) is 27.9. The van der Waals surface area contributed by atoms with E-state index in [4.69, 9.17) is 4.74 Å². The fourth-order valence-corrected chi connectivity index (χ4v) is 4.33. The molecular weight excluding hydrogens is 472 g/mol. The van der Waals surface area contributed by atoms with Crippen molar-refractivity contribution in [3.05, 3.63) is 53.1 Å². The molecule has 0 bridgehead atoms. The minimum absolute atomic E-state index is 0.0260. The lowest BCUT2D eigenvalue weighted by atomic mass is 10.1. The van der Waals surface area contributed by atoms with Crippen LogP contribution in [0.3, 0.4) is 0 Å². The lowest BCUT2D eigenvalue weighted by Crippen LogP contribution is -2.48. The summed E-state index contributed by atoms with van der Waals surface area (Å²) in [4.78, 5) is 39.1. The molecule has 2 amide bonds. The molecule has 0 radical (unpaired) electrons. The highest BCUT2D eigenvalue weighted by Crippen LogP contribution is 2.33. The summed E-state index contributed by atoms with van der Waals surface area (Å²) in [6, 6.07) is 12.0. The topological polar surface area (TPSA) is 106 Å². The van der Waals surface area contributed by atoms with Crippen LogP contribution in [0.2, 0.25) is 0 Å². The molecule has 0 aliphatic carbocycles. The zero-order valence-corrected chi connectivity index (χ0v) is 22.3. The molecule has 2 aromatic carbocycles. The van der Waals surface area contributed by atoms with Crippen LogP contribution in [0.4, 0.5) is 11.4 Å². The number of hydrogen-bond acceptors (Lipinski definition) is 8. The SMILES string of the molecule is CNc1cc(C)c(N(CC(=O)NCCNC(C)C)CC(=O)N(C)N2Cc3ccccc3C2)cc1OC=O. The molecule has 200 valence electrons. The summed E-state index contributed by atoms with van der Waals surface area (Å²) in [7, 11) is 3.48. The second-order valence-electron chi connectivity index (χ2n) is 9.42. The lowest BCUT2D eigenvalue weighted by Gasteiger charge is -2.32. The molecule has 1 aliphatic heterocycles. The third kappa shape index (κ3) is 7.43. The average Bonchev–Trinajstić information content (AvgIpc) is 3.31. The summed E-state index contributed by atoms with van der Waals surface area (Å²) in [6.45, 7) is 8.70. The number of rotatable bonds is 13. The second kappa shape index (κ2) is 13.1. The van der Waals surface area contributed by atoms with E-state index < -0.39 is 0 Å². The van der Waals surface area contributed by atoms with Crippen LogP contribution in [0.1, 0.15) is 30.5 Å². The van der Waals surface area contributed by atoms with Crippen LogP contribution in [0.5, 0.6) is 5.75 Å². The number of ether oxygens (including phenoxy) is 1. The van der Waals surface area contributed by atoms with E-state index in [1.54, 1.807) is 30.1 Å². The van der Waals surface area contributed by atoms with Crippen molar-refractivity contribution in [2.75, 3.05) is 50.5 Å². The second-order valence-corrected chi connectivity index (χ2v) is 9.42. The van der Waals surface area contributed by atoms with Crippen molar-refractivity contribution in [3.63, 3.8) is 0 Å². The molecule has 1 heterocycles. The molecule has 10 heteroatoms. The van der Waals surface area contributed by atoms with E-state index in [2.05, 4.69) is 28.1 Å². The van der Waals surface area contributed by atoms with E-state index in [1.807, 2.05) is 44.0 Å². The molecule has 0 saturated carbocycles. The standard InChI is InChI=1S/C27H38N6O4/c1-19(2)29-10-11-30-26(35)16-32(24-13-25(37-18-34)23(28-4)12-20(24)3)17-27(36)31(5)33-14-21-8-6-7-9-22(21)15-33/h6-9,12-13,18-19,28-29H,10-11,14-17H2,1-5H3,(H,30,35). The van der Waals surface area contributed by atoms with E-state index in [1.165, 1.54) is 11.1 Å². The van der Waals surface area contributed by atoms with E-state index >= 15 is 0 Å². The van der Waals surface area contributed by atoms with Crippen molar-refractivity contribution in [1.29, 1.82) is 0 Å². The van der Waals surface area contributed by atoms with Crippen LogP contribution in [-0.2, 0) is 27.5 Å². The Labute approximate surface area is 218 Å². The van der Waals surface area contributed by atoms with Gasteiger partial charge in [-0.2, -0.15) is 0 Å². The minimum Gasteiger partial charge on any atom is -0.426 e. The van der Waals surface area contributed by atoms with Gasteiger partial charge < -0.3 is 25.6 Å². The molecule has 0 aromatic heterocycles. The molecule has 0 spiro atoms. The van der Waals surface area contributed by atoms with Gasteiger partial charge >= 0.3 is 0 Å². The van der Waals surface area contributed by atoms with Gasteiger partial charge in [-0.25, -0.2) is 5.01 Å². The molecule has 0 unspecified atom stereocenters. The van der Waals surface area contributed by atoms with Gasteiger partial charge in [0.25, 0.3) is 12.4 Å². The molecule has 3 rings (SSSR count). The number of carbonyl (C=O) groups is 3. The number of hydrogen-bond donors (Lipinski definition) is 3. The molecule has 0 fully saturated rings. The summed E-state index contributed by atoms with van der Waals surface area (Å²) in [5, 5.41) is 12.8. The molecule has 0 atom stereocenters. The van der Waals surface area contributed by atoms with Gasteiger partial charge in [0.2, 0.25) is 5.91 Å². The van der Waals surface area contributed by atoms with Gasteiger partial charge in [-0.3, -0.25) is 19.4 Å². The van der Waals surface area contributed by atoms with E-state index in [9.17, 15) is 14.4 Å². The van der Waals surface area contributed by atoms with Crippen LogP contribution in [-0.4, -0.2) is 74.6 Å². The van der Waals surface area contributed by atoms with Crippen LogP contribution in [0.15, 0.2) is 36.4 Å². The Morgan fingerprint density at radius 2 is 1.78 bits per heavy atom. The van der Waals surface area contributed by atoms with Crippen LogP contribution < -0.4 is 25.6 Å². The van der Waals surface area contributed by atoms with Gasteiger partial charge in [0.15, 0.2) is 5.75 Å². The molecular formula is C27H38N6O4. The number of aryl methyl sites for hydroxylation is 1. The number of nitrogens with one attached hydrogen (secondary N) is 3. The van der Waals surface area contributed by atoms with Crippen molar-refractivity contribution in [2.45, 2.75) is 39.9 Å². The van der Waals surface area contributed by atoms with Crippen LogP contribution in [0, 0.1) is 6.92 Å². The molecule has 37 heavy (non-hydrogen) atoms. The van der Waals surface area contributed by atoms with Crippen molar-refractivity contribution in [3.8, 4) is 5.75 Å². The fraction of sp³-hybridized carbons (Fsp3) is 0.444. The van der Waals surface area contributed by atoms with Crippen LogP contribution >= 0.6 is 0 Å². The number of hydrazine groups is 1. The fourth-order valence-electron chi connectivity index (χ4n) is 4.33. The zero-order valence-electron chi connectivity index (χ0n) is 22.3. The lowest BCUT2D eigenvalue weighted by molar-refractivity contribution is -0.145. The van der Waals surface area contributed by atoms with Crippen molar-refractivity contribution >= 4 is 29.7 Å². The molecule has 10 nitrogen and oxygen atoms in total. The summed E-state index contributed by atoms with van der Waals surface area (Å²) >= 11 is 0. The van der Waals surface area contributed by atoms with Crippen molar-refractivity contribution in [2.24, 2.45) is 0 Å². The molecule has 1 aliphatic rings. The summed E-state index contributed by atoms with van der Waals surface area (Å²) in [5.41, 5.74) is 4.50. The quantitative estimate of drug-likeness (QED) is 0.277. The first-order valence-electron chi connectivity index (χ1n) is 12.5. The number of amides is 2. The Morgan fingerprint density at radius 1 is 1.11 bits per heavy atom. The first-order valence-corrected chi connectivity index (χ1v) is 12.5. The van der Waals surface area contributed by atoms with E-state index in [0.717, 1.165) is 5.56 Å². The third-order valence-electron chi connectivity index (χ3n) is 6.35. The summed E-state index contributed by atoms with van der Waals surface area (Å²) < 4.78 is 5.17.